The summed E-state index contributed by atoms with van der Waals surface area (Å²) in [7, 11) is 0. The van der Waals surface area contributed by atoms with Crippen LogP contribution in [0.3, 0.4) is 0 Å². The summed E-state index contributed by atoms with van der Waals surface area (Å²) in [5.74, 6) is -1.63. The number of para-hydroxylation sites is 1. The molecule has 0 bridgehead atoms. The number of amides is 1. The highest BCUT2D eigenvalue weighted by atomic mass is 35.5. The number of rotatable bonds is 8. The van der Waals surface area contributed by atoms with Crippen molar-refractivity contribution in [3.8, 4) is 16.9 Å². The first kappa shape index (κ1) is 24.3. The molecular formula is C27H21Cl2N3O3. The molecule has 1 atom stereocenters. The number of nitrogens with zero attached hydrogens (tertiary/aromatic N) is 2. The van der Waals surface area contributed by atoms with E-state index < -0.39 is 17.9 Å². The van der Waals surface area contributed by atoms with E-state index in [1.54, 1.807) is 35.2 Å². The number of carboxylic acid groups (broad SMARTS) is 1. The van der Waals surface area contributed by atoms with Gasteiger partial charge in [0, 0.05) is 29.8 Å². The Labute approximate surface area is 212 Å². The number of benzene rings is 3. The lowest BCUT2D eigenvalue weighted by Crippen LogP contribution is -2.41. The molecule has 0 unspecified atom stereocenters. The average molecular weight is 506 g/mol. The third kappa shape index (κ3) is 6.18. The van der Waals surface area contributed by atoms with E-state index in [1.807, 2.05) is 60.7 Å². The number of hydrogen-bond donors (Lipinski definition) is 2. The van der Waals surface area contributed by atoms with Crippen LogP contribution < -0.4 is 5.32 Å². The molecule has 4 rings (SSSR count). The lowest BCUT2D eigenvalue weighted by Gasteiger charge is -2.13. The third-order valence-electron chi connectivity index (χ3n) is 5.27. The molecule has 8 heteroatoms. The second-order valence-corrected chi connectivity index (χ2v) is 8.58. The number of aromatic nitrogens is 2. The summed E-state index contributed by atoms with van der Waals surface area (Å²) in [5.41, 5.74) is 3.62. The number of halogens is 2. The van der Waals surface area contributed by atoms with E-state index in [4.69, 9.17) is 23.2 Å². The van der Waals surface area contributed by atoms with Crippen molar-refractivity contribution in [2.75, 3.05) is 0 Å². The Bertz CT molecular complexity index is 1370. The molecule has 0 saturated carbocycles. The molecule has 35 heavy (non-hydrogen) atoms. The monoisotopic (exact) mass is 505 g/mol. The minimum Gasteiger partial charge on any atom is -0.480 e. The molecule has 0 spiro atoms. The molecule has 2 N–H and O–H groups in total. The fraction of sp³-hybridized carbons (Fsp3) is 0.0741. The lowest BCUT2D eigenvalue weighted by atomic mass is 10.1. The first-order valence-corrected chi connectivity index (χ1v) is 11.5. The van der Waals surface area contributed by atoms with E-state index >= 15 is 0 Å². The van der Waals surface area contributed by atoms with Crippen molar-refractivity contribution in [3.63, 3.8) is 0 Å². The second kappa shape index (κ2) is 11.0. The van der Waals surface area contributed by atoms with Crippen molar-refractivity contribution in [3.05, 3.63) is 112 Å². The molecular weight excluding hydrogens is 485 g/mol. The molecule has 176 valence electrons. The largest absolute Gasteiger partial charge is 0.480 e. The highest BCUT2D eigenvalue weighted by Gasteiger charge is 2.19. The van der Waals surface area contributed by atoms with Gasteiger partial charge in [-0.05, 0) is 35.9 Å². The van der Waals surface area contributed by atoms with Crippen LogP contribution in [0.1, 0.15) is 11.1 Å². The SMILES string of the molecule is O=C(C=Cc1cn(-c2ccccc2)nc1-c1ccc(Cl)c(Cl)c1)N[C@@H](Cc1ccccc1)C(=O)O. The van der Waals surface area contributed by atoms with Crippen LogP contribution in [0.5, 0.6) is 0 Å². The van der Waals surface area contributed by atoms with E-state index in [-0.39, 0.29) is 6.42 Å². The van der Waals surface area contributed by atoms with Gasteiger partial charge in [0.15, 0.2) is 0 Å². The van der Waals surface area contributed by atoms with E-state index in [0.717, 1.165) is 16.8 Å². The van der Waals surface area contributed by atoms with Crippen LogP contribution in [-0.4, -0.2) is 32.8 Å². The van der Waals surface area contributed by atoms with Crippen molar-refractivity contribution in [2.24, 2.45) is 0 Å². The Morgan fingerprint density at radius 1 is 0.971 bits per heavy atom. The summed E-state index contributed by atoms with van der Waals surface area (Å²) in [6.45, 7) is 0. The van der Waals surface area contributed by atoms with Gasteiger partial charge in [-0.15, -0.1) is 0 Å². The van der Waals surface area contributed by atoms with Crippen molar-refractivity contribution >= 4 is 41.2 Å². The van der Waals surface area contributed by atoms with E-state index in [0.29, 0.717) is 21.3 Å². The molecule has 0 aliphatic heterocycles. The minimum atomic E-state index is -1.11. The number of carbonyl (C=O) groups is 2. The van der Waals surface area contributed by atoms with Gasteiger partial charge in [-0.3, -0.25) is 4.79 Å². The van der Waals surface area contributed by atoms with Gasteiger partial charge in [0.05, 0.1) is 15.7 Å². The maximum atomic E-state index is 12.6. The summed E-state index contributed by atoms with van der Waals surface area (Å²) in [6, 6.07) is 22.8. The normalized spacial score (nSPS) is 11.9. The van der Waals surface area contributed by atoms with Crippen LogP contribution in [0, 0.1) is 0 Å². The fourth-order valence-electron chi connectivity index (χ4n) is 3.53. The number of carboxylic acids is 1. The number of nitrogens with one attached hydrogen (secondary N) is 1. The maximum Gasteiger partial charge on any atom is 0.326 e. The molecule has 0 aliphatic rings. The standard InChI is InChI=1S/C27H21Cl2N3O3/c28-22-13-11-19(16-23(22)29)26-20(17-32(31-26)21-9-5-2-6-10-21)12-14-25(33)30-24(27(34)35)15-18-7-3-1-4-8-18/h1-14,16-17,24H,15H2,(H,30,33)(H,34,35)/t24-/m0/s1. The van der Waals surface area contributed by atoms with Crippen LogP contribution >= 0.6 is 23.2 Å². The van der Waals surface area contributed by atoms with E-state index in [9.17, 15) is 14.7 Å². The predicted molar refractivity (Wildman–Crippen MR) is 138 cm³/mol. The van der Waals surface area contributed by atoms with Gasteiger partial charge in [-0.1, -0.05) is 77.8 Å². The summed E-state index contributed by atoms with van der Waals surface area (Å²) in [4.78, 5) is 24.3. The van der Waals surface area contributed by atoms with Crippen LogP contribution in [0.25, 0.3) is 23.0 Å². The molecule has 4 aromatic rings. The van der Waals surface area contributed by atoms with E-state index in [1.165, 1.54) is 6.08 Å². The molecule has 0 saturated heterocycles. The molecule has 3 aromatic carbocycles. The van der Waals surface area contributed by atoms with Gasteiger partial charge >= 0.3 is 5.97 Å². The molecule has 1 aromatic heterocycles. The number of aliphatic carboxylic acids is 1. The van der Waals surface area contributed by atoms with Crippen molar-refractivity contribution in [1.82, 2.24) is 15.1 Å². The maximum absolute atomic E-state index is 12.6. The quantitative estimate of drug-likeness (QED) is 0.302. The Kier molecular flexibility index (Phi) is 7.65. The first-order valence-electron chi connectivity index (χ1n) is 10.8. The molecule has 6 nitrogen and oxygen atoms in total. The summed E-state index contributed by atoms with van der Waals surface area (Å²) in [5, 5.41) is 17.6. The molecule has 1 amide bonds. The Hall–Kier alpha value is -3.87. The van der Waals surface area contributed by atoms with Gasteiger partial charge < -0.3 is 10.4 Å². The van der Waals surface area contributed by atoms with Crippen LogP contribution in [-0.2, 0) is 16.0 Å². The molecule has 0 radical (unpaired) electrons. The zero-order chi connectivity index (χ0) is 24.8. The highest BCUT2D eigenvalue weighted by Crippen LogP contribution is 2.30. The zero-order valence-corrected chi connectivity index (χ0v) is 19.9. The van der Waals surface area contributed by atoms with Gasteiger partial charge in [0.25, 0.3) is 0 Å². The Balaban J connectivity index is 1.60. The number of carbonyl (C=O) groups excluding carboxylic acids is 1. The fourth-order valence-corrected chi connectivity index (χ4v) is 3.82. The lowest BCUT2D eigenvalue weighted by molar-refractivity contribution is -0.141. The average Bonchev–Trinajstić information content (AvgIpc) is 3.29. The molecule has 0 aliphatic carbocycles. The molecule has 0 fully saturated rings. The van der Waals surface area contributed by atoms with Crippen molar-refractivity contribution < 1.29 is 14.7 Å². The predicted octanol–water partition coefficient (Wildman–Crippen LogP) is 5.67. The van der Waals surface area contributed by atoms with Crippen LogP contribution in [0.15, 0.2) is 91.1 Å². The van der Waals surface area contributed by atoms with Crippen LogP contribution in [0.2, 0.25) is 10.0 Å². The smallest absolute Gasteiger partial charge is 0.326 e. The highest BCUT2D eigenvalue weighted by molar-refractivity contribution is 6.42. The Morgan fingerprint density at radius 3 is 2.31 bits per heavy atom. The summed E-state index contributed by atoms with van der Waals surface area (Å²) in [6.07, 6.45) is 4.86. The van der Waals surface area contributed by atoms with Gasteiger partial charge in [-0.2, -0.15) is 5.10 Å². The van der Waals surface area contributed by atoms with Gasteiger partial charge in [0.1, 0.15) is 11.7 Å². The summed E-state index contributed by atoms with van der Waals surface area (Å²) >= 11 is 12.3. The van der Waals surface area contributed by atoms with E-state index in [2.05, 4.69) is 10.4 Å². The Morgan fingerprint density at radius 2 is 1.66 bits per heavy atom. The third-order valence-corrected chi connectivity index (χ3v) is 6.01. The first-order chi connectivity index (χ1) is 16.9. The second-order valence-electron chi connectivity index (χ2n) is 7.76. The molecule has 1 heterocycles. The van der Waals surface area contributed by atoms with Crippen molar-refractivity contribution in [1.29, 1.82) is 0 Å². The minimum absolute atomic E-state index is 0.177. The topological polar surface area (TPSA) is 84.2 Å². The van der Waals surface area contributed by atoms with Gasteiger partial charge in [-0.25, -0.2) is 9.48 Å². The number of hydrogen-bond acceptors (Lipinski definition) is 3. The zero-order valence-electron chi connectivity index (χ0n) is 18.4. The van der Waals surface area contributed by atoms with Crippen molar-refractivity contribution in [2.45, 2.75) is 12.5 Å². The summed E-state index contributed by atoms with van der Waals surface area (Å²) < 4.78 is 1.70. The van der Waals surface area contributed by atoms with Gasteiger partial charge in [0.2, 0.25) is 5.91 Å². The van der Waals surface area contributed by atoms with Crippen LogP contribution in [0.4, 0.5) is 0 Å².